The Bertz CT molecular complexity index is 1430. The molecule has 0 saturated carbocycles. The summed E-state index contributed by atoms with van der Waals surface area (Å²) in [7, 11) is 0. The lowest BCUT2D eigenvalue weighted by Gasteiger charge is -2.15. The van der Waals surface area contributed by atoms with Crippen LogP contribution in [0.1, 0.15) is 36.6 Å². The highest BCUT2D eigenvalue weighted by molar-refractivity contribution is 6.34. The maximum Gasteiger partial charge on any atom is 0.266 e. The van der Waals surface area contributed by atoms with Crippen molar-refractivity contribution in [2.45, 2.75) is 6.54 Å². The Labute approximate surface area is 198 Å². The maximum absolute atomic E-state index is 13.2. The number of halogens is 2. The summed E-state index contributed by atoms with van der Waals surface area (Å²) in [5, 5.41) is 7.22. The molecule has 1 aliphatic heterocycles. The summed E-state index contributed by atoms with van der Waals surface area (Å²) in [6.45, 7) is 0.296. The maximum atomic E-state index is 13.2. The normalized spacial score (nSPS) is 12.7. The van der Waals surface area contributed by atoms with Gasteiger partial charge < -0.3 is 5.32 Å². The van der Waals surface area contributed by atoms with Gasteiger partial charge in [0.1, 0.15) is 5.82 Å². The minimum Gasteiger partial charge on any atom is -0.319 e. The molecule has 0 unspecified atom stereocenters. The molecule has 2 heterocycles. The van der Waals surface area contributed by atoms with Gasteiger partial charge in [0.15, 0.2) is 0 Å². The summed E-state index contributed by atoms with van der Waals surface area (Å²) < 4.78 is 14.8. The fraction of sp³-hybridized carbons (Fsp3) is 0.0400. The number of carbonyl (C=O) groups is 3. The summed E-state index contributed by atoms with van der Waals surface area (Å²) in [6, 6.07) is 17.0. The lowest BCUT2D eigenvalue weighted by molar-refractivity contribution is 0.0924. The van der Waals surface area contributed by atoms with Gasteiger partial charge in [-0.05, 0) is 48.0 Å². The first-order chi connectivity index (χ1) is 16.4. The molecule has 168 valence electrons. The number of nitrogens with one attached hydrogen (secondary N) is 1. The van der Waals surface area contributed by atoms with Crippen LogP contribution >= 0.6 is 11.6 Å². The molecule has 7 nitrogen and oxygen atoms in total. The SMILES string of the molecule is O=C(Nc1cnn(Cc2ccc(F)cc2Cl)c1)c1cccc(N2C(=O)c3ccccc3C2=O)c1. The van der Waals surface area contributed by atoms with E-state index in [1.54, 1.807) is 59.4 Å². The van der Waals surface area contributed by atoms with Crippen LogP contribution in [0.4, 0.5) is 15.8 Å². The average Bonchev–Trinajstić information content (AvgIpc) is 3.37. The first-order valence-electron chi connectivity index (χ1n) is 10.3. The molecule has 0 fully saturated rings. The van der Waals surface area contributed by atoms with E-state index in [2.05, 4.69) is 10.4 Å². The van der Waals surface area contributed by atoms with Crippen LogP contribution in [0.25, 0.3) is 0 Å². The number of imide groups is 1. The predicted octanol–water partition coefficient (Wildman–Crippen LogP) is 4.78. The molecule has 3 amide bonds. The van der Waals surface area contributed by atoms with Gasteiger partial charge in [-0.3, -0.25) is 19.1 Å². The zero-order chi connectivity index (χ0) is 23.8. The largest absolute Gasteiger partial charge is 0.319 e. The smallest absolute Gasteiger partial charge is 0.266 e. The van der Waals surface area contributed by atoms with Crippen LogP contribution in [-0.4, -0.2) is 27.5 Å². The molecule has 9 heteroatoms. The predicted molar refractivity (Wildman–Crippen MR) is 125 cm³/mol. The van der Waals surface area contributed by atoms with Crippen molar-refractivity contribution in [3.63, 3.8) is 0 Å². The molecule has 3 aromatic carbocycles. The highest BCUT2D eigenvalue weighted by Crippen LogP contribution is 2.29. The Hall–Kier alpha value is -4.30. The van der Waals surface area contributed by atoms with E-state index in [4.69, 9.17) is 11.6 Å². The zero-order valence-electron chi connectivity index (χ0n) is 17.5. The summed E-state index contributed by atoms with van der Waals surface area (Å²) in [5.74, 6) is -1.72. The van der Waals surface area contributed by atoms with Crippen LogP contribution in [0.3, 0.4) is 0 Å². The highest BCUT2D eigenvalue weighted by atomic mass is 35.5. The van der Waals surface area contributed by atoms with Gasteiger partial charge in [-0.2, -0.15) is 5.10 Å². The molecule has 0 bridgehead atoms. The number of amides is 3. The van der Waals surface area contributed by atoms with Gasteiger partial charge in [-0.25, -0.2) is 9.29 Å². The number of nitrogens with zero attached hydrogens (tertiary/aromatic N) is 3. The Morgan fingerprint density at radius 1 is 0.971 bits per heavy atom. The second-order valence-corrected chi connectivity index (χ2v) is 8.07. The van der Waals surface area contributed by atoms with Crippen molar-refractivity contribution in [2.75, 3.05) is 10.2 Å². The molecule has 0 saturated heterocycles. The number of benzene rings is 3. The van der Waals surface area contributed by atoms with Gasteiger partial charge in [0.05, 0.1) is 35.2 Å². The van der Waals surface area contributed by atoms with E-state index in [1.165, 1.54) is 24.4 Å². The molecule has 5 rings (SSSR count). The second kappa shape index (κ2) is 8.57. The fourth-order valence-electron chi connectivity index (χ4n) is 3.75. The Morgan fingerprint density at radius 3 is 2.41 bits per heavy atom. The number of hydrogen-bond donors (Lipinski definition) is 1. The molecule has 0 atom stereocenters. The topological polar surface area (TPSA) is 84.3 Å². The number of carbonyl (C=O) groups excluding carboxylic acids is 3. The lowest BCUT2D eigenvalue weighted by Crippen LogP contribution is -2.29. The summed E-state index contributed by atoms with van der Waals surface area (Å²) in [6.07, 6.45) is 3.09. The van der Waals surface area contributed by atoms with E-state index in [0.717, 1.165) is 4.90 Å². The molecule has 4 aromatic rings. The van der Waals surface area contributed by atoms with Crippen LogP contribution in [0, 0.1) is 5.82 Å². The summed E-state index contributed by atoms with van der Waals surface area (Å²) in [4.78, 5) is 39.4. The van der Waals surface area contributed by atoms with E-state index in [0.29, 0.717) is 34.6 Å². The van der Waals surface area contributed by atoms with E-state index < -0.39 is 23.5 Å². The Balaban J connectivity index is 1.32. The van der Waals surface area contributed by atoms with Crippen molar-refractivity contribution in [3.05, 3.63) is 112 Å². The molecule has 1 aliphatic rings. The van der Waals surface area contributed by atoms with Crippen molar-refractivity contribution >= 4 is 40.7 Å². The van der Waals surface area contributed by atoms with Crippen molar-refractivity contribution < 1.29 is 18.8 Å². The zero-order valence-corrected chi connectivity index (χ0v) is 18.3. The first-order valence-corrected chi connectivity index (χ1v) is 10.6. The summed E-state index contributed by atoms with van der Waals surface area (Å²) >= 11 is 6.07. The third-order valence-corrected chi connectivity index (χ3v) is 5.75. The molecule has 34 heavy (non-hydrogen) atoms. The number of fused-ring (bicyclic) bond motifs is 1. The Morgan fingerprint density at radius 2 is 1.71 bits per heavy atom. The fourth-order valence-corrected chi connectivity index (χ4v) is 3.98. The van der Waals surface area contributed by atoms with Crippen LogP contribution in [0.2, 0.25) is 5.02 Å². The molecule has 1 N–H and O–H groups in total. The summed E-state index contributed by atoms with van der Waals surface area (Å²) in [5.41, 5.74) is 2.35. The van der Waals surface area contributed by atoms with Crippen LogP contribution in [0.15, 0.2) is 79.1 Å². The van der Waals surface area contributed by atoms with Gasteiger partial charge in [-0.1, -0.05) is 35.9 Å². The van der Waals surface area contributed by atoms with E-state index in [-0.39, 0.29) is 10.6 Å². The van der Waals surface area contributed by atoms with E-state index >= 15 is 0 Å². The minimum atomic E-state index is -0.433. The highest BCUT2D eigenvalue weighted by Gasteiger charge is 2.36. The standard InChI is InChI=1S/C25H16ClFN4O3/c26-22-11-17(27)9-8-16(22)13-30-14-18(12-28-30)29-23(32)15-4-3-5-19(10-15)31-24(33)20-6-1-2-7-21(20)25(31)34/h1-12,14H,13H2,(H,29,32). The van der Waals surface area contributed by atoms with Crippen molar-refractivity contribution in [2.24, 2.45) is 0 Å². The van der Waals surface area contributed by atoms with Crippen molar-refractivity contribution in [1.29, 1.82) is 0 Å². The minimum absolute atomic E-state index is 0.267. The average molecular weight is 475 g/mol. The molecular formula is C25H16ClFN4O3. The third kappa shape index (κ3) is 3.95. The Kier molecular flexibility index (Phi) is 5.43. The van der Waals surface area contributed by atoms with Crippen molar-refractivity contribution in [1.82, 2.24) is 9.78 Å². The van der Waals surface area contributed by atoms with E-state index in [1.807, 2.05) is 0 Å². The lowest BCUT2D eigenvalue weighted by atomic mass is 10.1. The van der Waals surface area contributed by atoms with Crippen LogP contribution < -0.4 is 10.2 Å². The monoisotopic (exact) mass is 474 g/mol. The molecule has 0 spiro atoms. The van der Waals surface area contributed by atoms with Gasteiger partial charge in [0.2, 0.25) is 0 Å². The van der Waals surface area contributed by atoms with Crippen LogP contribution in [0.5, 0.6) is 0 Å². The van der Waals surface area contributed by atoms with Gasteiger partial charge in [-0.15, -0.1) is 0 Å². The van der Waals surface area contributed by atoms with Crippen LogP contribution in [-0.2, 0) is 6.54 Å². The number of rotatable bonds is 5. The second-order valence-electron chi connectivity index (χ2n) is 7.66. The van der Waals surface area contributed by atoms with E-state index in [9.17, 15) is 18.8 Å². The molecule has 0 radical (unpaired) electrons. The van der Waals surface area contributed by atoms with Crippen molar-refractivity contribution in [3.8, 4) is 0 Å². The molecular weight excluding hydrogens is 459 g/mol. The first kappa shape index (κ1) is 21.5. The quantitative estimate of drug-likeness (QED) is 0.422. The molecule has 1 aromatic heterocycles. The van der Waals surface area contributed by atoms with Gasteiger partial charge >= 0.3 is 0 Å². The number of aromatic nitrogens is 2. The third-order valence-electron chi connectivity index (χ3n) is 5.40. The van der Waals surface area contributed by atoms with Gasteiger partial charge in [0.25, 0.3) is 17.7 Å². The number of anilines is 2. The molecule has 0 aliphatic carbocycles. The number of hydrogen-bond acceptors (Lipinski definition) is 4. The van der Waals surface area contributed by atoms with Gasteiger partial charge in [0, 0.05) is 16.8 Å².